The van der Waals surface area contributed by atoms with Crippen molar-refractivity contribution in [2.75, 3.05) is 26.3 Å². The van der Waals surface area contributed by atoms with Crippen molar-refractivity contribution < 1.29 is 9.84 Å². The minimum atomic E-state index is -0.0950. The Bertz CT molecular complexity index is 563. The fourth-order valence-corrected chi connectivity index (χ4v) is 4.83. The lowest BCUT2D eigenvalue weighted by Crippen LogP contribution is -2.55. The highest BCUT2D eigenvalue weighted by Crippen LogP contribution is 2.48. The molecule has 4 rings (SSSR count). The van der Waals surface area contributed by atoms with Crippen LogP contribution in [-0.2, 0) is 17.8 Å². The summed E-state index contributed by atoms with van der Waals surface area (Å²) in [5, 5.41) is 13.6. The van der Waals surface area contributed by atoms with Crippen molar-refractivity contribution in [2.45, 2.75) is 63.8 Å². The Morgan fingerprint density at radius 2 is 1.76 bits per heavy atom. The SMILES string of the molecule is OC1CCN(Cc2ccccc2CNC2CCC23CCOCC3)CC1. The van der Waals surface area contributed by atoms with Crippen molar-refractivity contribution >= 4 is 0 Å². The van der Waals surface area contributed by atoms with Gasteiger partial charge in [0.15, 0.2) is 0 Å². The number of ether oxygens (including phenoxy) is 1. The van der Waals surface area contributed by atoms with Crippen molar-refractivity contribution in [3.63, 3.8) is 0 Å². The summed E-state index contributed by atoms with van der Waals surface area (Å²) in [5.41, 5.74) is 3.38. The molecule has 1 aromatic rings. The minimum Gasteiger partial charge on any atom is -0.393 e. The number of rotatable bonds is 5. The van der Waals surface area contributed by atoms with Gasteiger partial charge in [0.1, 0.15) is 0 Å². The van der Waals surface area contributed by atoms with E-state index in [4.69, 9.17) is 4.74 Å². The summed E-state index contributed by atoms with van der Waals surface area (Å²) in [6, 6.07) is 9.52. The first-order chi connectivity index (χ1) is 12.3. The number of aliphatic hydroxyl groups is 1. The fraction of sp³-hybridized carbons (Fsp3) is 0.714. The molecule has 0 aromatic heterocycles. The first-order valence-corrected chi connectivity index (χ1v) is 10.0. The van der Waals surface area contributed by atoms with Gasteiger partial charge in [0.2, 0.25) is 0 Å². The summed E-state index contributed by atoms with van der Waals surface area (Å²) in [6.07, 6.45) is 6.85. The molecule has 25 heavy (non-hydrogen) atoms. The highest BCUT2D eigenvalue weighted by Gasteiger charge is 2.46. The Labute approximate surface area is 151 Å². The van der Waals surface area contributed by atoms with Gasteiger partial charge in [-0.1, -0.05) is 24.3 Å². The molecule has 4 heteroatoms. The lowest BCUT2D eigenvalue weighted by molar-refractivity contribution is -0.0552. The van der Waals surface area contributed by atoms with E-state index in [1.165, 1.54) is 36.8 Å². The van der Waals surface area contributed by atoms with Gasteiger partial charge in [0, 0.05) is 45.4 Å². The molecule has 138 valence electrons. The average Bonchev–Trinajstić information content (AvgIpc) is 2.65. The summed E-state index contributed by atoms with van der Waals surface area (Å²) in [6.45, 7) is 5.88. The van der Waals surface area contributed by atoms with E-state index in [9.17, 15) is 5.11 Å². The highest BCUT2D eigenvalue weighted by atomic mass is 16.5. The van der Waals surface area contributed by atoms with E-state index in [-0.39, 0.29) is 6.10 Å². The zero-order valence-electron chi connectivity index (χ0n) is 15.3. The molecular formula is C21H32N2O2. The largest absolute Gasteiger partial charge is 0.393 e. The summed E-state index contributed by atoms with van der Waals surface area (Å²) < 4.78 is 5.57. The van der Waals surface area contributed by atoms with E-state index >= 15 is 0 Å². The molecule has 1 atom stereocenters. The second-order valence-electron chi connectivity index (χ2n) is 8.22. The molecule has 2 saturated heterocycles. The van der Waals surface area contributed by atoms with E-state index in [0.29, 0.717) is 11.5 Å². The van der Waals surface area contributed by atoms with Crippen LogP contribution >= 0.6 is 0 Å². The maximum absolute atomic E-state index is 9.70. The predicted molar refractivity (Wildman–Crippen MR) is 99.3 cm³/mol. The molecule has 0 radical (unpaired) electrons. The Hall–Kier alpha value is -0.940. The van der Waals surface area contributed by atoms with Gasteiger partial charge in [-0.15, -0.1) is 0 Å². The van der Waals surface area contributed by atoms with Gasteiger partial charge in [-0.05, 0) is 55.1 Å². The van der Waals surface area contributed by atoms with Gasteiger partial charge >= 0.3 is 0 Å². The van der Waals surface area contributed by atoms with E-state index in [0.717, 1.165) is 52.2 Å². The normalized spacial score (nSPS) is 27.3. The molecule has 2 aliphatic heterocycles. The Morgan fingerprint density at radius 1 is 1.04 bits per heavy atom. The molecule has 1 saturated carbocycles. The van der Waals surface area contributed by atoms with Crippen LogP contribution in [0.15, 0.2) is 24.3 Å². The molecule has 2 N–H and O–H groups in total. The van der Waals surface area contributed by atoms with Gasteiger partial charge in [-0.2, -0.15) is 0 Å². The zero-order chi connectivity index (χ0) is 17.1. The van der Waals surface area contributed by atoms with E-state index in [1.807, 2.05) is 0 Å². The van der Waals surface area contributed by atoms with Crippen molar-refractivity contribution in [3.8, 4) is 0 Å². The molecule has 0 amide bonds. The predicted octanol–water partition coefficient (Wildman–Crippen LogP) is 2.69. The van der Waals surface area contributed by atoms with E-state index in [1.54, 1.807) is 0 Å². The van der Waals surface area contributed by atoms with Gasteiger partial charge < -0.3 is 15.2 Å². The first kappa shape index (κ1) is 17.5. The molecule has 2 heterocycles. The molecule has 1 aromatic carbocycles. The second kappa shape index (κ2) is 7.75. The van der Waals surface area contributed by atoms with Crippen LogP contribution in [0, 0.1) is 5.41 Å². The minimum absolute atomic E-state index is 0.0950. The maximum Gasteiger partial charge on any atom is 0.0564 e. The van der Waals surface area contributed by atoms with Crippen molar-refractivity contribution in [1.29, 1.82) is 0 Å². The van der Waals surface area contributed by atoms with Gasteiger partial charge in [0.05, 0.1) is 6.10 Å². The number of nitrogens with zero attached hydrogens (tertiary/aromatic N) is 1. The Kier molecular flexibility index (Phi) is 5.41. The van der Waals surface area contributed by atoms with Crippen molar-refractivity contribution in [1.82, 2.24) is 10.2 Å². The van der Waals surface area contributed by atoms with Crippen LogP contribution in [0.2, 0.25) is 0 Å². The number of piperidine rings is 1. The van der Waals surface area contributed by atoms with Crippen LogP contribution in [0.25, 0.3) is 0 Å². The van der Waals surface area contributed by atoms with Crippen LogP contribution < -0.4 is 5.32 Å². The van der Waals surface area contributed by atoms with Gasteiger partial charge in [0.25, 0.3) is 0 Å². The second-order valence-corrected chi connectivity index (χ2v) is 8.22. The highest BCUT2D eigenvalue weighted by molar-refractivity contribution is 5.27. The molecule has 1 spiro atoms. The lowest BCUT2D eigenvalue weighted by Gasteiger charge is -2.52. The average molecular weight is 344 g/mol. The maximum atomic E-state index is 9.70. The zero-order valence-corrected chi connectivity index (χ0v) is 15.3. The molecule has 3 fully saturated rings. The van der Waals surface area contributed by atoms with Gasteiger partial charge in [-0.3, -0.25) is 4.90 Å². The smallest absolute Gasteiger partial charge is 0.0564 e. The van der Waals surface area contributed by atoms with Crippen LogP contribution in [0.3, 0.4) is 0 Å². The van der Waals surface area contributed by atoms with Crippen LogP contribution in [0.4, 0.5) is 0 Å². The summed E-state index contributed by atoms with van der Waals surface area (Å²) >= 11 is 0. The molecule has 3 aliphatic rings. The Morgan fingerprint density at radius 3 is 2.44 bits per heavy atom. The molecule has 0 bridgehead atoms. The number of hydrogen-bond acceptors (Lipinski definition) is 4. The molecule has 4 nitrogen and oxygen atoms in total. The van der Waals surface area contributed by atoms with Crippen LogP contribution in [-0.4, -0.2) is 48.5 Å². The van der Waals surface area contributed by atoms with E-state index < -0.39 is 0 Å². The van der Waals surface area contributed by atoms with E-state index in [2.05, 4.69) is 34.5 Å². The third-order valence-corrected chi connectivity index (χ3v) is 6.77. The fourth-order valence-electron chi connectivity index (χ4n) is 4.83. The number of benzene rings is 1. The molecular weight excluding hydrogens is 312 g/mol. The monoisotopic (exact) mass is 344 g/mol. The number of hydrogen-bond donors (Lipinski definition) is 2. The van der Waals surface area contributed by atoms with Crippen molar-refractivity contribution in [3.05, 3.63) is 35.4 Å². The summed E-state index contributed by atoms with van der Waals surface area (Å²) in [4.78, 5) is 2.48. The quantitative estimate of drug-likeness (QED) is 0.862. The molecule has 1 aliphatic carbocycles. The van der Waals surface area contributed by atoms with Crippen molar-refractivity contribution in [2.24, 2.45) is 5.41 Å². The third-order valence-electron chi connectivity index (χ3n) is 6.77. The third kappa shape index (κ3) is 3.92. The van der Waals surface area contributed by atoms with Crippen LogP contribution in [0.5, 0.6) is 0 Å². The van der Waals surface area contributed by atoms with Gasteiger partial charge in [-0.25, -0.2) is 0 Å². The standard InChI is InChI=1S/C21H32N2O2/c24-19-6-11-23(12-7-19)16-18-4-2-1-3-17(18)15-22-20-5-8-21(20)9-13-25-14-10-21/h1-4,19-20,22,24H,5-16H2. The number of likely N-dealkylation sites (tertiary alicyclic amines) is 1. The number of aliphatic hydroxyl groups excluding tert-OH is 1. The Balaban J connectivity index is 1.35. The molecule has 1 unspecified atom stereocenters. The summed E-state index contributed by atoms with van der Waals surface area (Å²) in [5.74, 6) is 0. The van der Waals surface area contributed by atoms with Crippen LogP contribution in [0.1, 0.15) is 49.7 Å². The number of nitrogens with one attached hydrogen (secondary N) is 1. The first-order valence-electron chi connectivity index (χ1n) is 10.0. The topological polar surface area (TPSA) is 44.7 Å². The summed E-state index contributed by atoms with van der Waals surface area (Å²) in [7, 11) is 0. The lowest BCUT2D eigenvalue weighted by atomic mass is 9.60.